The third kappa shape index (κ3) is 4.08. The number of hydrogen-bond acceptors (Lipinski definition) is 9. The predicted octanol–water partition coefficient (Wildman–Crippen LogP) is 2.13. The van der Waals surface area contributed by atoms with Crippen molar-refractivity contribution >= 4 is 23.4 Å². The Kier molecular flexibility index (Phi) is 5.41. The molecule has 1 aliphatic heterocycles. The van der Waals surface area contributed by atoms with E-state index in [0.717, 1.165) is 49.4 Å². The van der Waals surface area contributed by atoms with Crippen LogP contribution in [0, 0.1) is 0 Å². The molecule has 0 aliphatic carbocycles. The van der Waals surface area contributed by atoms with Crippen LogP contribution >= 0.6 is 0 Å². The number of para-hydroxylation sites is 2. The van der Waals surface area contributed by atoms with Crippen molar-refractivity contribution in [2.24, 2.45) is 0 Å². The number of hydrogen-bond donors (Lipinski definition) is 1. The van der Waals surface area contributed by atoms with Crippen molar-refractivity contribution in [3.8, 4) is 5.75 Å². The van der Waals surface area contributed by atoms with E-state index in [0.29, 0.717) is 12.6 Å². The Labute approximate surface area is 163 Å². The lowest BCUT2D eigenvalue weighted by Gasteiger charge is -2.35. The highest BCUT2D eigenvalue weighted by atomic mass is 16.5. The van der Waals surface area contributed by atoms with Crippen molar-refractivity contribution in [2.75, 3.05) is 47.9 Å². The first-order chi connectivity index (χ1) is 13.8. The molecule has 1 fully saturated rings. The normalized spacial score (nSPS) is 14.0. The van der Waals surface area contributed by atoms with Gasteiger partial charge in [0.05, 0.1) is 18.5 Å². The average molecular weight is 378 g/mol. The summed E-state index contributed by atoms with van der Waals surface area (Å²) in [5.74, 6) is 2.76. The van der Waals surface area contributed by atoms with E-state index >= 15 is 0 Å². The van der Waals surface area contributed by atoms with Crippen LogP contribution in [0.1, 0.15) is 6.92 Å². The van der Waals surface area contributed by atoms with Gasteiger partial charge in [0.1, 0.15) is 5.75 Å². The maximum absolute atomic E-state index is 5.64. The zero-order valence-electron chi connectivity index (χ0n) is 15.7. The van der Waals surface area contributed by atoms with Crippen LogP contribution in [0.4, 0.5) is 23.4 Å². The van der Waals surface area contributed by atoms with E-state index in [1.807, 2.05) is 37.3 Å². The van der Waals surface area contributed by atoms with Gasteiger partial charge in [-0.25, -0.2) is 9.97 Å². The van der Waals surface area contributed by atoms with Gasteiger partial charge in [-0.2, -0.15) is 10.1 Å². The largest absolute Gasteiger partial charge is 0.492 e. The molecule has 1 aromatic carbocycles. The summed E-state index contributed by atoms with van der Waals surface area (Å²) in [7, 11) is 0. The number of aromatic nitrogens is 5. The quantitative estimate of drug-likeness (QED) is 0.692. The summed E-state index contributed by atoms with van der Waals surface area (Å²) in [6.07, 6.45) is 5.22. The van der Waals surface area contributed by atoms with Crippen LogP contribution in [-0.4, -0.2) is 57.9 Å². The van der Waals surface area contributed by atoms with Gasteiger partial charge in [0.15, 0.2) is 5.82 Å². The Hall–Kier alpha value is -3.49. The molecule has 0 atom stereocenters. The maximum atomic E-state index is 5.64. The Morgan fingerprint density at radius 1 is 1.00 bits per heavy atom. The minimum Gasteiger partial charge on any atom is -0.492 e. The van der Waals surface area contributed by atoms with Crippen molar-refractivity contribution in [2.45, 2.75) is 6.92 Å². The molecule has 1 saturated heterocycles. The monoisotopic (exact) mass is 378 g/mol. The molecule has 4 rings (SSSR count). The van der Waals surface area contributed by atoms with E-state index in [-0.39, 0.29) is 0 Å². The van der Waals surface area contributed by atoms with Crippen molar-refractivity contribution in [3.05, 3.63) is 48.9 Å². The number of ether oxygens (including phenoxy) is 1. The lowest BCUT2D eigenvalue weighted by atomic mass is 10.3. The molecular formula is C19H22N8O. The Balaban J connectivity index is 1.43. The van der Waals surface area contributed by atoms with Crippen LogP contribution in [-0.2, 0) is 0 Å². The van der Waals surface area contributed by atoms with Gasteiger partial charge in [0, 0.05) is 38.6 Å². The molecule has 3 aromatic rings. The smallest absolute Gasteiger partial charge is 0.249 e. The molecule has 0 radical (unpaired) electrons. The van der Waals surface area contributed by atoms with E-state index in [2.05, 4.69) is 40.3 Å². The molecule has 1 aliphatic rings. The summed E-state index contributed by atoms with van der Waals surface area (Å²) in [5, 5.41) is 11.4. The Bertz CT molecular complexity index is 899. The molecule has 0 bridgehead atoms. The van der Waals surface area contributed by atoms with Crippen LogP contribution in [0.15, 0.2) is 48.9 Å². The van der Waals surface area contributed by atoms with Gasteiger partial charge >= 0.3 is 0 Å². The van der Waals surface area contributed by atoms with Crippen LogP contribution in [0.3, 0.4) is 0 Å². The van der Waals surface area contributed by atoms with Crippen LogP contribution in [0.2, 0.25) is 0 Å². The highest BCUT2D eigenvalue weighted by Crippen LogP contribution is 2.26. The van der Waals surface area contributed by atoms with E-state index in [4.69, 9.17) is 4.74 Å². The molecule has 28 heavy (non-hydrogen) atoms. The fourth-order valence-corrected chi connectivity index (χ4v) is 3.06. The first-order valence-electron chi connectivity index (χ1n) is 9.29. The lowest BCUT2D eigenvalue weighted by Crippen LogP contribution is -2.47. The van der Waals surface area contributed by atoms with Crippen molar-refractivity contribution in [1.82, 2.24) is 25.1 Å². The summed E-state index contributed by atoms with van der Waals surface area (Å²) in [4.78, 5) is 17.6. The topological polar surface area (TPSA) is 92.2 Å². The fraction of sp³-hybridized carbons (Fsp3) is 0.316. The molecule has 9 heteroatoms. The van der Waals surface area contributed by atoms with Crippen LogP contribution in [0.5, 0.6) is 5.75 Å². The molecule has 144 valence electrons. The minimum absolute atomic E-state index is 0.443. The summed E-state index contributed by atoms with van der Waals surface area (Å²) in [6.45, 7) is 5.81. The lowest BCUT2D eigenvalue weighted by molar-refractivity contribution is 0.342. The number of anilines is 4. The molecule has 2 aromatic heterocycles. The average Bonchev–Trinajstić information content (AvgIpc) is 2.76. The first kappa shape index (κ1) is 17.9. The zero-order valence-corrected chi connectivity index (χ0v) is 15.7. The van der Waals surface area contributed by atoms with Gasteiger partial charge in [-0.1, -0.05) is 12.1 Å². The molecule has 0 unspecified atom stereocenters. The Morgan fingerprint density at radius 2 is 1.75 bits per heavy atom. The minimum atomic E-state index is 0.443. The van der Waals surface area contributed by atoms with Gasteiger partial charge in [-0.3, -0.25) is 0 Å². The zero-order chi connectivity index (χ0) is 19.2. The van der Waals surface area contributed by atoms with Crippen LogP contribution in [0.25, 0.3) is 0 Å². The SMILES string of the molecule is CCOc1ccccc1Nc1nncc(N2CCN(c3ncccn3)CC2)n1. The maximum Gasteiger partial charge on any atom is 0.249 e. The molecule has 3 heterocycles. The molecule has 0 spiro atoms. The second-order valence-corrected chi connectivity index (χ2v) is 6.22. The third-order valence-electron chi connectivity index (χ3n) is 4.42. The van der Waals surface area contributed by atoms with E-state index in [1.54, 1.807) is 18.6 Å². The predicted molar refractivity (Wildman–Crippen MR) is 107 cm³/mol. The van der Waals surface area contributed by atoms with Gasteiger partial charge in [0.25, 0.3) is 0 Å². The fourth-order valence-electron chi connectivity index (χ4n) is 3.06. The molecule has 0 amide bonds. The summed E-state index contributed by atoms with van der Waals surface area (Å²) in [6, 6.07) is 9.53. The number of nitrogens with zero attached hydrogens (tertiary/aromatic N) is 7. The van der Waals surface area contributed by atoms with Crippen molar-refractivity contribution < 1.29 is 4.74 Å². The molecular weight excluding hydrogens is 356 g/mol. The van der Waals surface area contributed by atoms with Gasteiger partial charge in [-0.05, 0) is 25.1 Å². The number of rotatable bonds is 6. The molecule has 0 saturated carbocycles. The summed E-state index contributed by atoms with van der Waals surface area (Å²) in [5.41, 5.74) is 0.814. The van der Waals surface area contributed by atoms with Gasteiger partial charge in [0.2, 0.25) is 11.9 Å². The van der Waals surface area contributed by atoms with Crippen LogP contribution < -0.4 is 19.9 Å². The first-order valence-corrected chi connectivity index (χ1v) is 9.29. The second-order valence-electron chi connectivity index (χ2n) is 6.22. The summed E-state index contributed by atoms with van der Waals surface area (Å²) >= 11 is 0. The van der Waals surface area contributed by atoms with Gasteiger partial charge < -0.3 is 19.9 Å². The third-order valence-corrected chi connectivity index (χ3v) is 4.42. The van der Waals surface area contributed by atoms with Gasteiger partial charge in [-0.15, -0.1) is 5.10 Å². The Morgan fingerprint density at radius 3 is 2.54 bits per heavy atom. The number of nitrogens with one attached hydrogen (secondary N) is 1. The highest BCUT2D eigenvalue weighted by Gasteiger charge is 2.20. The number of benzene rings is 1. The molecule has 9 nitrogen and oxygen atoms in total. The summed E-state index contributed by atoms with van der Waals surface area (Å²) < 4.78 is 5.64. The molecule has 1 N–H and O–H groups in total. The van der Waals surface area contributed by atoms with E-state index in [9.17, 15) is 0 Å². The number of piperazine rings is 1. The highest BCUT2D eigenvalue weighted by molar-refractivity contribution is 5.62. The van der Waals surface area contributed by atoms with Crippen molar-refractivity contribution in [3.63, 3.8) is 0 Å². The van der Waals surface area contributed by atoms with E-state index in [1.165, 1.54) is 0 Å². The standard InChI is InChI=1S/C19H22N8O/c1-2-28-16-7-4-3-6-15(16)23-18-24-17(14-22-25-18)26-10-12-27(13-11-26)19-20-8-5-9-21-19/h3-9,14H,2,10-13H2,1H3,(H,23,24,25). The van der Waals surface area contributed by atoms with E-state index < -0.39 is 0 Å². The second kappa shape index (κ2) is 8.47. The van der Waals surface area contributed by atoms with Crippen molar-refractivity contribution in [1.29, 1.82) is 0 Å².